The smallest absolute Gasteiger partial charge is 0.246 e. The average Bonchev–Trinajstić information content (AvgIpc) is 3.50. The van der Waals surface area contributed by atoms with Crippen LogP contribution in [0.4, 0.5) is 11.5 Å². The van der Waals surface area contributed by atoms with Crippen molar-refractivity contribution < 1.29 is 9.53 Å². The van der Waals surface area contributed by atoms with Crippen LogP contribution in [0, 0.1) is 0 Å². The summed E-state index contributed by atoms with van der Waals surface area (Å²) in [6, 6.07) is 9.37. The largest absolute Gasteiger partial charge is 0.471 e. The van der Waals surface area contributed by atoms with Crippen molar-refractivity contribution in [1.29, 1.82) is 0 Å². The first-order valence-corrected chi connectivity index (χ1v) is 15.2. The molecule has 1 amide bonds. The van der Waals surface area contributed by atoms with E-state index in [1.54, 1.807) is 11.1 Å². The molecule has 0 radical (unpaired) electrons. The van der Waals surface area contributed by atoms with Crippen LogP contribution in [0.5, 0.6) is 5.88 Å². The summed E-state index contributed by atoms with van der Waals surface area (Å²) in [6.45, 7) is 13.6. The Morgan fingerprint density at radius 1 is 1.02 bits per heavy atom. The second kappa shape index (κ2) is 12.2. The minimum Gasteiger partial charge on any atom is -0.471 e. The first-order valence-electron chi connectivity index (χ1n) is 15.2. The Labute approximate surface area is 248 Å². The monoisotopic (exact) mass is 570 g/mol. The van der Waals surface area contributed by atoms with Gasteiger partial charge in [-0.15, -0.1) is 0 Å². The number of anilines is 2. The van der Waals surface area contributed by atoms with Crippen molar-refractivity contribution in [2.24, 2.45) is 0 Å². The lowest BCUT2D eigenvalue weighted by atomic mass is 10.0. The highest BCUT2D eigenvalue weighted by molar-refractivity contribution is 5.96. The van der Waals surface area contributed by atoms with Crippen LogP contribution in [-0.2, 0) is 11.2 Å². The van der Waals surface area contributed by atoms with Gasteiger partial charge in [0.2, 0.25) is 11.8 Å². The number of carbonyl (C=O) groups is 1. The SMILES string of the molecule is C=CC(=O)N1CCC(Oc2nc3c(-c4ccc(N5CCC(N6CCN(C)CC6)CC5)cc4)cnc(N)c3nc2CC)C1. The Balaban J connectivity index is 1.20. The molecule has 3 saturated heterocycles. The number of hydrogen-bond donors (Lipinski definition) is 1. The summed E-state index contributed by atoms with van der Waals surface area (Å²) in [5.74, 6) is 0.769. The number of nitrogens with zero attached hydrogens (tertiary/aromatic N) is 7. The predicted octanol–water partition coefficient (Wildman–Crippen LogP) is 3.22. The molecule has 1 aromatic carbocycles. The molecule has 3 aliphatic heterocycles. The number of fused-ring (bicyclic) bond motifs is 1. The van der Waals surface area contributed by atoms with Gasteiger partial charge in [-0.2, -0.15) is 0 Å². The Morgan fingerprint density at radius 3 is 2.45 bits per heavy atom. The van der Waals surface area contributed by atoms with Gasteiger partial charge in [-0.05, 0) is 50.1 Å². The molecule has 222 valence electrons. The Morgan fingerprint density at radius 2 is 1.76 bits per heavy atom. The summed E-state index contributed by atoms with van der Waals surface area (Å²) < 4.78 is 6.34. The highest BCUT2D eigenvalue weighted by atomic mass is 16.5. The van der Waals surface area contributed by atoms with Gasteiger partial charge in [-0.3, -0.25) is 9.69 Å². The number of carbonyl (C=O) groups excluding carboxylic acids is 1. The summed E-state index contributed by atoms with van der Waals surface area (Å²) in [7, 11) is 2.22. The van der Waals surface area contributed by atoms with E-state index < -0.39 is 0 Å². The molecule has 0 saturated carbocycles. The number of nitrogen functional groups attached to an aromatic ring is 1. The molecule has 2 N–H and O–H groups in total. The van der Waals surface area contributed by atoms with Crippen LogP contribution in [0.25, 0.3) is 22.2 Å². The molecule has 5 heterocycles. The molecule has 2 aromatic heterocycles. The number of amides is 1. The second-order valence-corrected chi connectivity index (χ2v) is 11.7. The maximum Gasteiger partial charge on any atom is 0.246 e. The number of hydrogen-bond acceptors (Lipinski definition) is 9. The third kappa shape index (κ3) is 5.78. The summed E-state index contributed by atoms with van der Waals surface area (Å²) in [6.07, 6.45) is 6.77. The number of nitrogens with two attached hydrogens (primary N) is 1. The number of rotatable bonds is 7. The van der Waals surface area contributed by atoms with Crippen molar-refractivity contribution in [3.63, 3.8) is 0 Å². The van der Waals surface area contributed by atoms with Crippen LogP contribution in [0.2, 0.25) is 0 Å². The topological polar surface area (TPSA) is 104 Å². The van der Waals surface area contributed by atoms with Crippen LogP contribution >= 0.6 is 0 Å². The molecule has 10 nitrogen and oxygen atoms in total. The van der Waals surface area contributed by atoms with Crippen LogP contribution in [-0.4, -0.2) is 107 Å². The fourth-order valence-electron chi connectivity index (χ4n) is 6.45. The fraction of sp³-hybridized carbons (Fsp3) is 0.500. The zero-order chi connectivity index (χ0) is 29.2. The van der Waals surface area contributed by atoms with Crippen molar-refractivity contribution in [2.45, 2.75) is 44.8 Å². The molecular formula is C32H42N8O2. The maximum absolute atomic E-state index is 12.1. The first kappa shape index (κ1) is 28.4. The third-order valence-corrected chi connectivity index (χ3v) is 9.07. The third-order valence-electron chi connectivity index (χ3n) is 9.07. The van der Waals surface area contributed by atoms with Gasteiger partial charge in [0, 0.05) is 75.7 Å². The lowest BCUT2D eigenvalue weighted by molar-refractivity contribution is -0.125. The standard InChI is InChI=1S/C32H42N8O2/c1-4-27-32(42-25-12-15-40(21-25)28(41)5-2)36-29-26(20-34-31(33)30(29)35-27)22-6-8-23(9-7-22)38-13-10-24(11-14-38)39-18-16-37(3)17-19-39/h5-9,20,24-25H,2,4,10-19,21H2,1,3H3,(H2,33,34). The van der Waals surface area contributed by atoms with E-state index in [4.69, 9.17) is 20.4 Å². The Kier molecular flexibility index (Phi) is 8.26. The van der Waals surface area contributed by atoms with Gasteiger partial charge in [0.25, 0.3) is 0 Å². The first-order chi connectivity index (χ1) is 20.4. The number of ether oxygens (including phenoxy) is 1. The summed E-state index contributed by atoms with van der Waals surface area (Å²) in [5.41, 5.74) is 11.4. The van der Waals surface area contributed by atoms with E-state index in [-0.39, 0.29) is 12.0 Å². The van der Waals surface area contributed by atoms with Crippen molar-refractivity contribution in [3.05, 3.63) is 48.8 Å². The van der Waals surface area contributed by atoms with E-state index in [1.807, 2.05) is 6.92 Å². The molecule has 10 heteroatoms. The lowest BCUT2D eigenvalue weighted by Gasteiger charge is -2.42. The number of piperidine rings is 1. The number of piperazine rings is 1. The van der Waals surface area contributed by atoms with E-state index >= 15 is 0 Å². The number of likely N-dealkylation sites (N-methyl/N-ethyl adjacent to an activating group) is 1. The zero-order valence-corrected chi connectivity index (χ0v) is 24.8. The van der Waals surface area contributed by atoms with Crippen LogP contribution in [0.3, 0.4) is 0 Å². The van der Waals surface area contributed by atoms with Crippen LogP contribution < -0.4 is 15.4 Å². The van der Waals surface area contributed by atoms with E-state index in [2.05, 4.69) is 57.6 Å². The fourth-order valence-corrected chi connectivity index (χ4v) is 6.45. The van der Waals surface area contributed by atoms with E-state index in [0.717, 1.165) is 36.3 Å². The number of pyridine rings is 1. The highest BCUT2D eigenvalue weighted by Gasteiger charge is 2.29. The molecule has 0 bridgehead atoms. The molecule has 3 aromatic rings. The summed E-state index contributed by atoms with van der Waals surface area (Å²) >= 11 is 0. The normalized spacial score (nSPS) is 20.8. The minimum absolute atomic E-state index is 0.0783. The van der Waals surface area contributed by atoms with Gasteiger partial charge in [0.15, 0.2) is 5.82 Å². The van der Waals surface area contributed by atoms with Crippen LogP contribution in [0.1, 0.15) is 31.9 Å². The van der Waals surface area contributed by atoms with E-state index in [9.17, 15) is 4.79 Å². The summed E-state index contributed by atoms with van der Waals surface area (Å²) in [4.78, 5) is 35.7. The highest BCUT2D eigenvalue weighted by Crippen LogP contribution is 2.33. The van der Waals surface area contributed by atoms with Gasteiger partial charge in [-0.1, -0.05) is 25.6 Å². The van der Waals surface area contributed by atoms with Gasteiger partial charge in [-0.25, -0.2) is 15.0 Å². The molecule has 1 unspecified atom stereocenters. The molecule has 0 aliphatic carbocycles. The number of benzene rings is 1. The molecule has 3 fully saturated rings. The molecule has 42 heavy (non-hydrogen) atoms. The van der Waals surface area contributed by atoms with Crippen molar-refractivity contribution in [3.8, 4) is 17.0 Å². The second-order valence-electron chi connectivity index (χ2n) is 11.7. The number of likely N-dealkylation sites (tertiary alicyclic amines) is 1. The van der Waals surface area contributed by atoms with Gasteiger partial charge < -0.3 is 25.2 Å². The molecule has 0 spiro atoms. The molecular weight excluding hydrogens is 528 g/mol. The molecule has 3 aliphatic rings. The van der Waals surface area contributed by atoms with Crippen LogP contribution in [0.15, 0.2) is 43.1 Å². The van der Waals surface area contributed by atoms with E-state index in [1.165, 1.54) is 50.8 Å². The molecule has 6 rings (SSSR count). The quantitative estimate of drug-likeness (QED) is 0.429. The maximum atomic E-state index is 12.1. The van der Waals surface area contributed by atoms with E-state index in [0.29, 0.717) is 48.3 Å². The Hall–Kier alpha value is -3.76. The van der Waals surface area contributed by atoms with Gasteiger partial charge in [0.05, 0.1) is 6.54 Å². The van der Waals surface area contributed by atoms with Crippen molar-refractivity contribution >= 4 is 28.4 Å². The van der Waals surface area contributed by atoms with Crippen molar-refractivity contribution in [1.82, 2.24) is 29.7 Å². The summed E-state index contributed by atoms with van der Waals surface area (Å²) in [5, 5.41) is 0. The lowest BCUT2D eigenvalue weighted by Crippen LogP contribution is -2.52. The predicted molar refractivity (Wildman–Crippen MR) is 167 cm³/mol. The number of aryl methyl sites for hydroxylation is 1. The average molecular weight is 571 g/mol. The van der Waals surface area contributed by atoms with Gasteiger partial charge >= 0.3 is 0 Å². The molecule has 1 atom stereocenters. The number of aromatic nitrogens is 3. The zero-order valence-electron chi connectivity index (χ0n) is 24.8. The van der Waals surface area contributed by atoms with Gasteiger partial charge in [0.1, 0.15) is 22.8 Å². The Bertz CT molecular complexity index is 1430. The minimum atomic E-state index is -0.145. The van der Waals surface area contributed by atoms with Crippen molar-refractivity contribution in [2.75, 3.05) is 70.0 Å².